The first kappa shape index (κ1) is 5.72. The van der Waals surface area contributed by atoms with Gasteiger partial charge in [-0.1, -0.05) is 12.8 Å². The number of aromatic nitrogens is 1. The highest BCUT2D eigenvalue weighted by Crippen LogP contribution is 1.91. The van der Waals surface area contributed by atoms with E-state index in [1.807, 2.05) is 18.3 Å². The molecule has 0 saturated heterocycles. The summed E-state index contributed by atoms with van der Waals surface area (Å²) in [5, 5.41) is 0. The quantitative estimate of drug-likeness (QED) is 0.508. The predicted octanol–water partition coefficient (Wildman–Crippen LogP) is 0.949. The largest absolute Gasteiger partial charge is 0.364 e. The van der Waals surface area contributed by atoms with E-state index in [-0.39, 0.29) is 0 Å². The van der Waals surface area contributed by atoms with E-state index in [1.165, 1.54) is 0 Å². The third-order valence-corrected chi connectivity index (χ3v) is 1.09. The van der Waals surface area contributed by atoms with Crippen LogP contribution < -0.4 is 4.72 Å². The average Bonchev–Trinajstić information content (AvgIpc) is 2.19. The van der Waals surface area contributed by atoms with Gasteiger partial charge in [-0.2, -0.15) is 0 Å². The summed E-state index contributed by atoms with van der Waals surface area (Å²) in [7, 11) is 0. The number of hydrogen-bond acceptors (Lipinski definition) is 2. The Bertz CT molecular complexity index is 136. The molecule has 0 unspecified atom stereocenters. The first-order chi connectivity index (χ1) is 3.93. The van der Waals surface area contributed by atoms with Crippen molar-refractivity contribution in [3.8, 4) is 0 Å². The van der Waals surface area contributed by atoms with E-state index in [4.69, 9.17) is 0 Å². The van der Waals surface area contributed by atoms with E-state index >= 15 is 0 Å². The summed E-state index contributed by atoms with van der Waals surface area (Å²) in [5.41, 5.74) is 1.15. The fourth-order valence-corrected chi connectivity index (χ4v) is 0.733. The number of rotatable bonds is 2. The molecule has 1 heterocycles. The van der Waals surface area contributed by atoms with Gasteiger partial charge in [0.15, 0.2) is 0 Å². The molecule has 0 aliphatic rings. The first-order valence-electron chi connectivity index (χ1n) is 2.42. The van der Waals surface area contributed by atoms with Crippen molar-refractivity contribution in [2.45, 2.75) is 6.54 Å². The van der Waals surface area contributed by atoms with Crippen molar-refractivity contribution in [3.05, 3.63) is 24.0 Å². The lowest BCUT2D eigenvalue weighted by Crippen LogP contribution is -1.97. The molecule has 2 nitrogen and oxygen atoms in total. The van der Waals surface area contributed by atoms with Gasteiger partial charge in [-0.05, 0) is 12.1 Å². The summed E-state index contributed by atoms with van der Waals surface area (Å²) < 4.78 is 2.73. The van der Waals surface area contributed by atoms with Gasteiger partial charge in [0, 0.05) is 18.4 Å². The molecule has 0 radical (unpaired) electrons. The second-order valence-corrected chi connectivity index (χ2v) is 1.85. The summed E-state index contributed by atoms with van der Waals surface area (Å²) >= 11 is 3.84. The standard InChI is InChI=1S/C5H8N2S/c8-7-4-5-2-1-3-6-5/h1-3,6-8H,4H2. The molecule has 1 rings (SSSR count). The van der Waals surface area contributed by atoms with Crippen LogP contribution >= 0.6 is 12.8 Å². The number of nitrogens with one attached hydrogen (secondary N) is 2. The molecule has 3 heteroatoms. The highest BCUT2D eigenvalue weighted by molar-refractivity contribution is 7.78. The minimum absolute atomic E-state index is 0.788. The molecular formula is C5H8N2S. The van der Waals surface area contributed by atoms with Crippen LogP contribution in [0.2, 0.25) is 0 Å². The molecule has 0 aliphatic carbocycles. The minimum atomic E-state index is 0.788. The maximum Gasteiger partial charge on any atom is 0.0458 e. The zero-order chi connectivity index (χ0) is 5.82. The number of aromatic amines is 1. The van der Waals surface area contributed by atoms with E-state index in [2.05, 4.69) is 22.5 Å². The maximum absolute atomic E-state index is 3.84. The number of H-pyrrole nitrogens is 1. The number of thiol groups is 1. The molecule has 1 aromatic rings. The van der Waals surface area contributed by atoms with E-state index in [9.17, 15) is 0 Å². The van der Waals surface area contributed by atoms with Gasteiger partial charge in [0.2, 0.25) is 0 Å². The van der Waals surface area contributed by atoms with Crippen molar-refractivity contribution in [2.75, 3.05) is 0 Å². The summed E-state index contributed by atoms with van der Waals surface area (Å²) in [6.07, 6.45) is 1.89. The zero-order valence-electron chi connectivity index (χ0n) is 4.39. The van der Waals surface area contributed by atoms with E-state index in [0.717, 1.165) is 12.2 Å². The van der Waals surface area contributed by atoms with E-state index < -0.39 is 0 Å². The molecule has 0 atom stereocenters. The topological polar surface area (TPSA) is 27.8 Å². The van der Waals surface area contributed by atoms with Crippen molar-refractivity contribution < 1.29 is 0 Å². The van der Waals surface area contributed by atoms with Gasteiger partial charge >= 0.3 is 0 Å². The lowest BCUT2D eigenvalue weighted by Gasteiger charge is -1.89. The molecule has 8 heavy (non-hydrogen) atoms. The summed E-state index contributed by atoms with van der Waals surface area (Å²) in [5.74, 6) is 0. The number of hydrogen-bond donors (Lipinski definition) is 3. The third kappa shape index (κ3) is 1.28. The van der Waals surface area contributed by atoms with Gasteiger partial charge in [0.1, 0.15) is 0 Å². The molecule has 44 valence electrons. The average molecular weight is 128 g/mol. The predicted molar refractivity (Wildman–Crippen MR) is 36.6 cm³/mol. The van der Waals surface area contributed by atoms with Crippen molar-refractivity contribution in [1.82, 2.24) is 9.71 Å². The van der Waals surface area contributed by atoms with Crippen LogP contribution in [-0.4, -0.2) is 4.98 Å². The van der Waals surface area contributed by atoms with Crippen LogP contribution in [0.25, 0.3) is 0 Å². The molecule has 0 spiro atoms. The van der Waals surface area contributed by atoms with Crippen LogP contribution in [0.4, 0.5) is 0 Å². The summed E-state index contributed by atoms with van der Waals surface area (Å²) in [6, 6.07) is 3.96. The van der Waals surface area contributed by atoms with E-state index in [1.54, 1.807) is 0 Å². The summed E-state index contributed by atoms with van der Waals surface area (Å²) in [6.45, 7) is 0.788. The molecule has 0 bridgehead atoms. The van der Waals surface area contributed by atoms with E-state index in [0.29, 0.717) is 0 Å². The molecule has 0 aliphatic heterocycles. The van der Waals surface area contributed by atoms with Crippen LogP contribution in [0.1, 0.15) is 5.69 Å². The van der Waals surface area contributed by atoms with Crippen LogP contribution in [-0.2, 0) is 6.54 Å². The van der Waals surface area contributed by atoms with Crippen LogP contribution in [0.15, 0.2) is 18.3 Å². The van der Waals surface area contributed by atoms with Crippen LogP contribution in [0, 0.1) is 0 Å². The van der Waals surface area contributed by atoms with Crippen molar-refractivity contribution in [2.24, 2.45) is 0 Å². The van der Waals surface area contributed by atoms with Crippen LogP contribution in [0.5, 0.6) is 0 Å². The van der Waals surface area contributed by atoms with Gasteiger partial charge in [-0.25, -0.2) is 0 Å². The third-order valence-electron chi connectivity index (χ3n) is 0.932. The highest BCUT2D eigenvalue weighted by atomic mass is 32.1. The fourth-order valence-electron chi connectivity index (χ4n) is 0.563. The van der Waals surface area contributed by atoms with Crippen LogP contribution in [0.3, 0.4) is 0 Å². The smallest absolute Gasteiger partial charge is 0.0458 e. The Labute approximate surface area is 53.8 Å². The second-order valence-electron chi connectivity index (χ2n) is 1.53. The van der Waals surface area contributed by atoms with Gasteiger partial charge in [-0.3, -0.25) is 4.72 Å². The SMILES string of the molecule is SNCc1ccc[nH]1. The fraction of sp³-hybridized carbons (Fsp3) is 0.200. The first-order valence-corrected chi connectivity index (χ1v) is 2.87. The Hall–Kier alpha value is -0.410. The molecule has 0 fully saturated rings. The highest BCUT2D eigenvalue weighted by Gasteiger charge is 1.85. The van der Waals surface area contributed by atoms with Gasteiger partial charge < -0.3 is 4.98 Å². The van der Waals surface area contributed by atoms with Crippen molar-refractivity contribution in [1.29, 1.82) is 0 Å². The molecule has 0 aromatic carbocycles. The Kier molecular flexibility index (Phi) is 2.00. The Balaban J connectivity index is 2.50. The normalized spacial score (nSPS) is 9.62. The maximum atomic E-state index is 3.84. The Morgan fingerprint density at radius 1 is 1.75 bits per heavy atom. The van der Waals surface area contributed by atoms with Gasteiger partial charge in [-0.15, -0.1) is 0 Å². The lowest BCUT2D eigenvalue weighted by atomic mass is 10.4. The Morgan fingerprint density at radius 2 is 2.62 bits per heavy atom. The molecule has 1 aromatic heterocycles. The second kappa shape index (κ2) is 2.79. The van der Waals surface area contributed by atoms with Crippen molar-refractivity contribution in [3.63, 3.8) is 0 Å². The van der Waals surface area contributed by atoms with Gasteiger partial charge in [0.25, 0.3) is 0 Å². The molecule has 2 N–H and O–H groups in total. The molecule has 0 amide bonds. The summed E-state index contributed by atoms with van der Waals surface area (Å²) in [4.78, 5) is 3.03. The minimum Gasteiger partial charge on any atom is -0.364 e. The lowest BCUT2D eigenvalue weighted by molar-refractivity contribution is 0.943. The van der Waals surface area contributed by atoms with Crippen molar-refractivity contribution >= 4 is 12.8 Å². The molecular weight excluding hydrogens is 120 g/mol. The molecule has 0 saturated carbocycles. The monoisotopic (exact) mass is 128 g/mol. The Morgan fingerprint density at radius 3 is 3.12 bits per heavy atom. The van der Waals surface area contributed by atoms with Gasteiger partial charge in [0.05, 0.1) is 0 Å². The zero-order valence-corrected chi connectivity index (χ0v) is 5.28.